The lowest BCUT2D eigenvalue weighted by atomic mass is 10.2. The van der Waals surface area contributed by atoms with Gasteiger partial charge in [0.15, 0.2) is 0 Å². The molecule has 0 aromatic carbocycles. The van der Waals surface area contributed by atoms with Gasteiger partial charge in [-0.2, -0.15) is 0 Å². The number of hydrogen-bond donors (Lipinski definition) is 1. The zero-order chi connectivity index (χ0) is 10.6. The molecule has 0 radical (unpaired) electrons. The van der Waals surface area contributed by atoms with Crippen molar-refractivity contribution in [1.29, 1.82) is 0 Å². The van der Waals surface area contributed by atoms with Crippen LogP contribution in [0.2, 0.25) is 0 Å². The summed E-state index contributed by atoms with van der Waals surface area (Å²) in [5, 5.41) is 3.27. The van der Waals surface area contributed by atoms with Gasteiger partial charge in [0.1, 0.15) is 0 Å². The molecule has 14 heavy (non-hydrogen) atoms. The predicted octanol–water partition coefficient (Wildman–Crippen LogP) is 2.74. The SMILES string of the molecule is CNC(COC(C)C)c1ccc(C)s1. The first-order chi connectivity index (χ1) is 6.63. The summed E-state index contributed by atoms with van der Waals surface area (Å²) in [4.78, 5) is 2.70. The standard InChI is InChI=1S/C11H19NOS/c1-8(2)13-7-10(12-4)11-6-5-9(3)14-11/h5-6,8,10,12H,7H2,1-4H3. The molecule has 0 aliphatic heterocycles. The first-order valence-electron chi connectivity index (χ1n) is 4.98. The minimum absolute atomic E-state index is 0.298. The largest absolute Gasteiger partial charge is 0.377 e. The van der Waals surface area contributed by atoms with E-state index < -0.39 is 0 Å². The van der Waals surface area contributed by atoms with Crippen molar-refractivity contribution in [1.82, 2.24) is 5.32 Å². The van der Waals surface area contributed by atoms with Crippen molar-refractivity contribution in [3.63, 3.8) is 0 Å². The summed E-state index contributed by atoms with van der Waals surface area (Å²) in [6, 6.07) is 4.65. The van der Waals surface area contributed by atoms with Crippen LogP contribution in [0.15, 0.2) is 12.1 Å². The summed E-state index contributed by atoms with van der Waals surface area (Å²) in [5.41, 5.74) is 0. The molecule has 1 aromatic heterocycles. The zero-order valence-electron chi connectivity index (χ0n) is 9.33. The maximum atomic E-state index is 5.60. The molecule has 1 aromatic rings. The Kier molecular flexibility index (Phi) is 4.58. The second-order valence-electron chi connectivity index (χ2n) is 3.67. The fourth-order valence-electron chi connectivity index (χ4n) is 1.24. The van der Waals surface area contributed by atoms with Crippen molar-refractivity contribution < 1.29 is 4.74 Å². The Hall–Kier alpha value is -0.380. The van der Waals surface area contributed by atoms with Crippen LogP contribution in [0.25, 0.3) is 0 Å². The monoisotopic (exact) mass is 213 g/mol. The van der Waals surface area contributed by atoms with E-state index in [9.17, 15) is 0 Å². The second-order valence-corrected chi connectivity index (χ2v) is 4.99. The Labute approximate surface area is 90.3 Å². The van der Waals surface area contributed by atoms with E-state index in [-0.39, 0.29) is 0 Å². The van der Waals surface area contributed by atoms with Gasteiger partial charge in [-0.3, -0.25) is 0 Å². The molecule has 0 aliphatic rings. The van der Waals surface area contributed by atoms with Gasteiger partial charge < -0.3 is 10.1 Å². The average Bonchev–Trinajstić information content (AvgIpc) is 2.53. The summed E-state index contributed by atoms with van der Waals surface area (Å²) in [5.74, 6) is 0. The molecule has 0 amide bonds. The molecule has 0 fully saturated rings. The minimum atomic E-state index is 0.298. The fourth-order valence-corrected chi connectivity index (χ4v) is 2.21. The van der Waals surface area contributed by atoms with Crippen LogP contribution in [0, 0.1) is 6.92 Å². The molecular formula is C11H19NOS. The maximum absolute atomic E-state index is 5.60. The van der Waals surface area contributed by atoms with Gasteiger partial charge in [0.05, 0.1) is 18.8 Å². The van der Waals surface area contributed by atoms with Crippen LogP contribution in [0.4, 0.5) is 0 Å². The van der Waals surface area contributed by atoms with Crippen LogP contribution in [-0.4, -0.2) is 19.8 Å². The highest BCUT2D eigenvalue weighted by Gasteiger charge is 2.11. The van der Waals surface area contributed by atoms with E-state index in [4.69, 9.17) is 4.74 Å². The zero-order valence-corrected chi connectivity index (χ0v) is 10.1. The smallest absolute Gasteiger partial charge is 0.0672 e. The Balaban J connectivity index is 2.54. The Morgan fingerprint density at radius 1 is 1.43 bits per heavy atom. The topological polar surface area (TPSA) is 21.3 Å². The number of ether oxygens (including phenoxy) is 1. The Bertz CT molecular complexity index is 270. The van der Waals surface area contributed by atoms with Crippen molar-refractivity contribution in [3.05, 3.63) is 21.9 Å². The number of aryl methyl sites for hydroxylation is 1. The first-order valence-corrected chi connectivity index (χ1v) is 5.80. The van der Waals surface area contributed by atoms with E-state index in [1.807, 2.05) is 18.4 Å². The minimum Gasteiger partial charge on any atom is -0.377 e. The average molecular weight is 213 g/mol. The van der Waals surface area contributed by atoms with Crippen molar-refractivity contribution in [3.8, 4) is 0 Å². The molecular weight excluding hydrogens is 194 g/mol. The van der Waals surface area contributed by atoms with Crippen LogP contribution < -0.4 is 5.32 Å². The lowest BCUT2D eigenvalue weighted by Crippen LogP contribution is -2.22. The van der Waals surface area contributed by atoms with Crippen LogP contribution in [0.5, 0.6) is 0 Å². The molecule has 1 heterocycles. The third kappa shape index (κ3) is 3.40. The number of thiophene rings is 1. The van der Waals surface area contributed by atoms with Gasteiger partial charge in [-0.05, 0) is 40.0 Å². The Morgan fingerprint density at radius 3 is 2.57 bits per heavy atom. The van der Waals surface area contributed by atoms with Gasteiger partial charge in [-0.1, -0.05) is 0 Å². The molecule has 0 bridgehead atoms. The van der Waals surface area contributed by atoms with Crippen molar-refractivity contribution in [2.45, 2.75) is 32.9 Å². The van der Waals surface area contributed by atoms with Gasteiger partial charge >= 0.3 is 0 Å². The summed E-state index contributed by atoms with van der Waals surface area (Å²) in [7, 11) is 1.98. The molecule has 0 aliphatic carbocycles. The van der Waals surface area contributed by atoms with E-state index in [2.05, 4.69) is 38.2 Å². The molecule has 0 spiro atoms. The quantitative estimate of drug-likeness (QED) is 0.812. The molecule has 3 heteroatoms. The molecule has 1 N–H and O–H groups in total. The van der Waals surface area contributed by atoms with Crippen molar-refractivity contribution in [2.24, 2.45) is 0 Å². The van der Waals surface area contributed by atoms with Crippen molar-refractivity contribution in [2.75, 3.05) is 13.7 Å². The number of nitrogens with one attached hydrogen (secondary N) is 1. The number of hydrogen-bond acceptors (Lipinski definition) is 3. The van der Waals surface area contributed by atoms with Gasteiger partial charge in [-0.25, -0.2) is 0 Å². The lowest BCUT2D eigenvalue weighted by Gasteiger charge is -2.16. The molecule has 2 nitrogen and oxygen atoms in total. The molecule has 80 valence electrons. The third-order valence-electron chi connectivity index (χ3n) is 2.05. The van der Waals surface area contributed by atoms with Crippen LogP contribution >= 0.6 is 11.3 Å². The molecule has 0 saturated carbocycles. The summed E-state index contributed by atoms with van der Waals surface area (Å²) < 4.78 is 5.60. The second kappa shape index (κ2) is 5.49. The van der Waals surface area contributed by atoms with E-state index in [1.165, 1.54) is 9.75 Å². The van der Waals surface area contributed by atoms with Gasteiger partial charge in [-0.15, -0.1) is 11.3 Å². The van der Waals surface area contributed by atoms with E-state index >= 15 is 0 Å². The highest BCUT2D eigenvalue weighted by molar-refractivity contribution is 7.12. The molecule has 0 saturated heterocycles. The third-order valence-corrected chi connectivity index (χ3v) is 3.16. The molecule has 1 rings (SSSR count). The van der Waals surface area contributed by atoms with Crippen LogP contribution in [0.3, 0.4) is 0 Å². The summed E-state index contributed by atoms with van der Waals surface area (Å²) in [6.07, 6.45) is 0.298. The highest BCUT2D eigenvalue weighted by Crippen LogP contribution is 2.22. The van der Waals surface area contributed by atoms with E-state index in [0.717, 1.165) is 6.61 Å². The van der Waals surface area contributed by atoms with Crippen LogP contribution in [-0.2, 0) is 4.74 Å². The number of rotatable bonds is 5. The maximum Gasteiger partial charge on any atom is 0.0672 e. The first kappa shape index (κ1) is 11.7. The van der Waals surface area contributed by atoms with Crippen LogP contribution in [0.1, 0.15) is 29.6 Å². The Morgan fingerprint density at radius 2 is 2.14 bits per heavy atom. The predicted molar refractivity (Wildman–Crippen MR) is 61.9 cm³/mol. The fraction of sp³-hybridized carbons (Fsp3) is 0.636. The molecule has 1 atom stereocenters. The summed E-state index contributed by atoms with van der Waals surface area (Å²) in [6.45, 7) is 7.00. The van der Waals surface area contributed by atoms with E-state index in [1.54, 1.807) is 0 Å². The van der Waals surface area contributed by atoms with Gasteiger partial charge in [0, 0.05) is 9.75 Å². The van der Waals surface area contributed by atoms with Crippen molar-refractivity contribution >= 4 is 11.3 Å². The van der Waals surface area contributed by atoms with E-state index in [0.29, 0.717) is 12.1 Å². The number of likely N-dealkylation sites (N-methyl/N-ethyl adjacent to an activating group) is 1. The normalized spacial score (nSPS) is 13.5. The highest BCUT2D eigenvalue weighted by atomic mass is 32.1. The summed E-state index contributed by atoms with van der Waals surface area (Å²) >= 11 is 1.83. The van der Waals surface area contributed by atoms with Gasteiger partial charge in [0.2, 0.25) is 0 Å². The lowest BCUT2D eigenvalue weighted by molar-refractivity contribution is 0.0632. The van der Waals surface area contributed by atoms with Gasteiger partial charge in [0.25, 0.3) is 0 Å². The molecule has 1 unspecified atom stereocenters.